The molecule has 5 atom stereocenters. The Hall–Kier alpha value is -1.88. The van der Waals surface area contributed by atoms with Gasteiger partial charge in [-0.2, -0.15) is 4.31 Å². The van der Waals surface area contributed by atoms with Crippen molar-refractivity contribution in [1.29, 1.82) is 0 Å². The largest absolute Gasteiger partial charge is 0.467 e. The molecule has 0 saturated carbocycles. The summed E-state index contributed by atoms with van der Waals surface area (Å²) in [4.78, 5) is 0.246. The average molecular weight is 830 g/mol. The molecule has 2 aliphatic heterocycles. The first kappa shape index (κ1) is 45.8. The van der Waals surface area contributed by atoms with E-state index in [1.165, 1.54) is 4.31 Å². The van der Waals surface area contributed by atoms with E-state index >= 15 is 0 Å². The maximum absolute atomic E-state index is 14.2. The molecule has 0 spiro atoms. The number of rotatable bonds is 13. The fourth-order valence-electron chi connectivity index (χ4n) is 5.82. The van der Waals surface area contributed by atoms with Crippen LogP contribution in [0.1, 0.15) is 79.9 Å². The molecule has 0 bridgehead atoms. The highest BCUT2D eigenvalue weighted by Gasteiger charge is 2.52. The van der Waals surface area contributed by atoms with Gasteiger partial charge < -0.3 is 22.8 Å². The van der Waals surface area contributed by atoms with Crippen molar-refractivity contribution < 1.29 is 31.2 Å². The third-order valence-electron chi connectivity index (χ3n) is 12.6. The first-order valence-electron chi connectivity index (χ1n) is 19.9. The molecular weight excluding hydrogens is 759 g/mol. The number of nitrogens with zero attached hydrogens (tertiary/aromatic N) is 1. The van der Waals surface area contributed by atoms with Crippen molar-refractivity contribution in [3.05, 3.63) is 83.6 Å². The number of aryl methyl sites for hydroxylation is 1. The Morgan fingerprint density at radius 1 is 0.782 bits per heavy atom. The molecule has 2 aliphatic rings. The van der Waals surface area contributed by atoms with Crippen molar-refractivity contribution in [2.75, 3.05) is 13.2 Å². The van der Waals surface area contributed by atoms with Crippen molar-refractivity contribution in [3.63, 3.8) is 0 Å². The zero-order valence-electron chi connectivity index (χ0n) is 36.6. The third kappa shape index (κ3) is 11.0. The fourth-order valence-corrected chi connectivity index (χ4v) is 11.0. The smallest absolute Gasteiger partial charge is 0.244 e. The highest BCUT2D eigenvalue weighted by Crippen LogP contribution is 2.44. The number of benzene rings is 2. The first-order valence-corrected chi connectivity index (χ1v) is 30.1. The lowest BCUT2D eigenvalue weighted by atomic mass is 10.0. The number of hydrogen-bond acceptors (Lipinski definition) is 7. The van der Waals surface area contributed by atoms with Crippen LogP contribution in [0.25, 0.3) is 6.08 Å². The van der Waals surface area contributed by atoms with Crippen molar-refractivity contribution in [1.82, 2.24) is 4.31 Å². The molecule has 4 rings (SSSR count). The second-order valence-corrected chi connectivity index (χ2v) is 36.2. The molecule has 1 saturated heterocycles. The summed E-state index contributed by atoms with van der Waals surface area (Å²) in [5.74, 6) is 0.534. The summed E-state index contributed by atoms with van der Waals surface area (Å²) in [6.45, 7) is 36.3. The second kappa shape index (κ2) is 16.8. The van der Waals surface area contributed by atoms with E-state index < -0.39 is 53.4 Å². The molecule has 2 heterocycles. The molecular formula is C43H71NO7SSi3. The van der Waals surface area contributed by atoms with E-state index in [2.05, 4.69) is 102 Å². The Morgan fingerprint density at radius 2 is 1.33 bits per heavy atom. The van der Waals surface area contributed by atoms with Crippen LogP contribution in [0.2, 0.25) is 54.4 Å². The van der Waals surface area contributed by atoms with Crippen LogP contribution in [0.4, 0.5) is 0 Å². The van der Waals surface area contributed by atoms with E-state index in [-0.39, 0.29) is 38.8 Å². The van der Waals surface area contributed by atoms with Gasteiger partial charge in [-0.25, -0.2) is 8.42 Å². The minimum atomic E-state index is -3.87. The highest BCUT2D eigenvalue weighted by molar-refractivity contribution is 7.89. The first-order chi connectivity index (χ1) is 25.1. The molecule has 1 fully saturated rings. The summed E-state index contributed by atoms with van der Waals surface area (Å²) >= 11 is 0. The van der Waals surface area contributed by atoms with E-state index in [1.807, 2.05) is 67.6 Å². The summed E-state index contributed by atoms with van der Waals surface area (Å²) in [7, 11) is -10.7. The van der Waals surface area contributed by atoms with Crippen LogP contribution in [0, 0.1) is 6.92 Å². The SMILES string of the molecule is Cc1ccc(S(=O)(=O)N2CC=C(O[C@@H]3C[C@@H](O[Si](C)(C)C(C)(C)C)[C@@H](O[Si](C)(C)C(C)(C)C)[C@@H](CO[Si](C)(C)C(C)(C)C)O3)[C@@H]2/C=C/c2ccccc2)cc1. The summed E-state index contributed by atoms with van der Waals surface area (Å²) in [5.41, 5.74) is 1.96. The lowest BCUT2D eigenvalue weighted by Gasteiger charge is -2.50. The highest BCUT2D eigenvalue weighted by atomic mass is 32.2. The molecule has 0 aliphatic carbocycles. The van der Waals surface area contributed by atoms with Crippen LogP contribution in [-0.2, 0) is 32.8 Å². The monoisotopic (exact) mass is 829 g/mol. The molecule has 0 aromatic heterocycles. The predicted octanol–water partition coefficient (Wildman–Crippen LogP) is 10.9. The van der Waals surface area contributed by atoms with Crippen LogP contribution in [0.3, 0.4) is 0 Å². The van der Waals surface area contributed by atoms with Gasteiger partial charge in [0, 0.05) is 13.0 Å². The van der Waals surface area contributed by atoms with Gasteiger partial charge >= 0.3 is 0 Å². The lowest BCUT2D eigenvalue weighted by Crippen LogP contribution is -2.61. The third-order valence-corrected chi connectivity index (χ3v) is 28.0. The Bertz CT molecular complexity index is 1760. The van der Waals surface area contributed by atoms with E-state index in [1.54, 1.807) is 12.1 Å². The summed E-state index contributed by atoms with van der Waals surface area (Å²) in [5, 5.41) is -0.0711. The van der Waals surface area contributed by atoms with Gasteiger partial charge in [-0.15, -0.1) is 0 Å². The fraction of sp³-hybridized carbons (Fsp3) is 0.628. The molecule has 2 aromatic carbocycles. The molecule has 12 heteroatoms. The van der Waals surface area contributed by atoms with Crippen LogP contribution in [0.5, 0.6) is 0 Å². The van der Waals surface area contributed by atoms with E-state index in [9.17, 15) is 8.42 Å². The zero-order valence-corrected chi connectivity index (χ0v) is 40.5. The second-order valence-electron chi connectivity index (χ2n) is 20.0. The zero-order chi connectivity index (χ0) is 41.4. The van der Waals surface area contributed by atoms with Gasteiger partial charge in [0.1, 0.15) is 17.9 Å². The standard InChI is InChI=1S/C43H71NO7SSi3/c1-32-22-25-34(26-23-32)52(45,46)44-29-28-36(35(44)27-24-33-20-18-17-19-21-33)48-39-30-37(50-54(13,14)42(5,6)7)40(51-55(15,16)43(8,9)10)38(49-39)31-47-53(11,12)41(2,3)4/h17-28,35,37-40H,29-31H2,1-16H3/b27-24+/t35-,37+,38+,39-,40+/m0/s1. The molecule has 0 N–H and O–H groups in total. The minimum absolute atomic E-state index is 0.00373. The summed E-state index contributed by atoms with van der Waals surface area (Å²) in [6, 6.07) is 16.2. The van der Waals surface area contributed by atoms with Gasteiger partial charge in [0.05, 0.1) is 23.7 Å². The van der Waals surface area contributed by atoms with Gasteiger partial charge in [0.15, 0.2) is 25.0 Å². The molecule has 308 valence electrons. The Labute approximate surface area is 337 Å². The molecule has 2 aromatic rings. The van der Waals surface area contributed by atoms with E-state index in [4.69, 9.17) is 22.8 Å². The number of ether oxygens (including phenoxy) is 2. The van der Waals surface area contributed by atoms with Gasteiger partial charge in [0.25, 0.3) is 0 Å². The van der Waals surface area contributed by atoms with Crippen LogP contribution >= 0.6 is 0 Å². The molecule has 55 heavy (non-hydrogen) atoms. The van der Waals surface area contributed by atoms with Crippen molar-refractivity contribution >= 4 is 41.1 Å². The molecule has 0 amide bonds. The lowest BCUT2D eigenvalue weighted by molar-refractivity contribution is -0.239. The molecule has 8 nitrogen and oxygen atoms in total. The number of sulfonamides is 1. The summed E-state index contributed by atoms with van der Waals surface area (Å²) in [6.07, 6.45) is 4.28. The number of hydrogen-bond donors (Lipinski definition) is 0. The summed E-state index contributed by atoms with van der Waals surface area (Å²) < 4.78 is 65.2. The van der Waals surface area contributed by atoms with Crippen LogP contribution in [-0.4, -0.2) is 81.5 Å². The predicted molar refractivity (Wildman–Crippen MR) is 234 cm³/mol. The van der Waals surface area contributed by atoms with Crippen LogP contribution in [0.15, 0.2) is 77.4 Å². The van der Waals surface area contributed by atoms with Gasteiger partial charge in [-0.1, -0.05) is 122 Å². The van der Waals surface area contributed by atoms with Gasteiger partial charge in [-0.3, -0.25) is 0 Å². The van der Waals surface area contributed by atoms with Crippen molar-refractivity contribution in [2.45, 2.75) is 166 Å². The van der Waals surface area contributed by atoms with E-state index in [0.717, 1.165) is 11.1 Å². The maximum atomic E-state index is 14.2. The Kier molecular flexibility index (Phi) is 14.0. The molecule has 0 unspecified atom stereocenters. The van der Waals surface area contributed by atoms with Crippen molar-refractivity contribution in [2.24, 2.45) is 0 Å². The quantitative estimate of drug-likeness (QED) is 0.186. The van der Waals surface area contributed by atoms with E-state index in [0.29, 0.717) is 18.8 Å². The van der Waals surface area contributed by atoms with Crippen LogP contribution < -0.4 is 0 Å². The maximum Gasteiger partial charge on any atom is 0.244 e. The van der Waals surface area contributed by atoms with Gasteiger partial charge in [-0.05, 0) is 85.1 Å². The Morgan fingerprint density at radius 3 is 1.87 bits per heavy atom. The minimum Gasteiger partial charge on any atom is -0.467 e. The Balaban J connectivity index is 1.76. The van der Waals surface area contributed by atoms with Crippen molar-refractivity contribution in [3.8, 4) is 0 Å². The molecule has 0 radical (unpaired) electrons. The normalized spacial score (nSPS) is 24.0. The van der Waals surface area contributed by atoms with Gasteiger partial charge in [0.2, 0.25) is 16.3 Å². The average Bonchev–Trinajstić information content (AvgIpc) is 3.46. The topological polar surface area (TPSA) is 83.5 Å².